The van der Waals surface area contributed by atoms with Gasteiger partial charge in [-0.25, -0.2) is 0 Å². The van der Waals surface area contributed by atoms with Gasteiger partial charge in [0.1, 0.15) is 5.75 Å². The summed E-state index contributed by atoms with van der Waals surface area (Å²) in [5.41, 5.74) is 2.54. The number of carbonyl (C=O) groups is 1. The third-order valence-electron chi connectivity index (χ3n) is 6.01. The number of carboxylic acid groups (broad SMARTS) is 1. The van der Waals surface area contributed by atoms with E-state index in [9.17, 15) is 9.90 Å². The Hall–Kier alpha value is -1.55. The lowest BCUT2D eigenvalue weighted by atomic mass is 9.76. The van der Waals surface area contributed by atoms with Gasteiger partial charge in [-0.05, 0) is 42.5 Å². The lowest BCUT2D eigenvalue weighted by Crippen LogP contribution is -2.37. The van der Waals surface area contributed by atoms with Crippen LogP contribution in [0.5, 0.6) is 5.75 Å². The first-order valence-corrected chi connectivity index (χ1v) is 9.51. The molecule has 138 valence electrons. The number of likely N-dealkylation sites (N-methyl/N-ethyl adjacent to an activating group) is 1. The number of rotatable bonds is 6. The molecular weight excluding hydrogens is 314 g/mol. The Bertz CT molecular complexity index is 640. The van der Waals surface area contributed by atoms with Crippen molar-refractivity contribution < 1.29 is 14.6 Å². The van der Waals surface area contributed by atoms with Gasteiger partial charge >= 0.3 is 5.97 Å². The van der Waals surface area contributed by atoms with E-state index < -0.39 is 5.97 Å². The maximum Gasteiger partial charge on any atom is 0.308 e. The van der Waals surface area contributed by atoms with Gasteiger partial charge in [0.15, 0.2) is 0 Å². The number of ether oxygens (including phenoxy) is 1. The van der Waals surface area contributed by atoms with E-state index in [2.05, 4.69) is 44.9 Å². The van der Waals surface area contributed by atoms with E-state index >= 15 is 0 Å². The summed E-state index contributed by atoms with van der Waals surface area (Å²) >= 11 is 0. The lowest BCUT2D eigenvalue weighted by Gasteiger charge is -2.33. The Labute approximate surface area is 151 Å². The van der Waals surface area contributed by atoms with Gasteiger partial charge < -0.3 is 14.7 Å². The molecule has 0 spiro atoms. The average Bonchev–Trinajstić information content (AvgIpc) is 3.11. The SMILES string of the molecule is CCCC(C)(C)CC1C(C(=O)O)C(c2ccc3c(c2)CCO3)CN1C. The monoisotopic (exact) mass is 345 g/mol. The van der Waals surface area contributed by atoms with Gasteiger partial charge in [-0.1, -0.05) is 39.3 Å². The predicted molar refractivity (Wildman–Crippen MR) is 99.2 cm³/mol. The highest BCUT2D eigenvalue weighted by Crippen LogP contribution is 2.43. The van der Waals surface area contributed by atoms with Crippen LogP contribution in [0.4, 0.5) is 0 Å². The van der Waals surface area contributed by atoms with Crippen molar-refractivity contribution >= 4 is 5.97 Å². The summed E-state index contributed by atoms with van der Waals surface area (Å²) in [5.74, 6) is 0.00308. The molecule has 3 rings (SSSR count). The van der Waals surface area contributed by atoms with Crippen molar-refractivity contribution in [2.24, 2.45) is 11.3 Å². The van der Waals surface area contributed by atoms with Crippen LogP contribution in [-0.2, 0) is 11.2 Å². The molecule has 0 radical (unpaired) electrons. The van der Waals surface area contributed by atoms with Crippen molar-refractivity contribution in [1.82, 2.24) is 4.90 Å². The minimum Gasteiger partial charge on any atom is -0.493 e. The standard InChI is InChI=1S/C21H31NO3/c1-5-9-21(2,3)12-17-19(20(23)24)16(13-22(17)4)14-6-7-18-15(11-14)8-10-25-18/h6-7,11,16-17,19H,5,8-10,12-13H2,1-4H3,(H,23,24). The number of aliphatic carboxylic acids is 1. The summed E-state index contributed by atoms with van der Waals surface area (Å²) in [5, 5.41) is 10.0. The van der Waals surface area contributed by atoms with Crippen LogP contribution in [0.2, 0.25) is 0 Å². The quantitative estimate of drug-likeness (QED) is 0.848. The van der Waals surface area contributed by atoms with Crippen molar-refractivity contribution in [2.45, 2.75) is 58.4 Å². The fraction of sp³-hybridized carbons (Fsp3) is 0.667. The molecule has 25 heavy (non-hydrogen) atoms. The largest absolute Gasteiger partial charge is 0.493 e. The molecular formula is C21H31NO3. The number of likely N-dealkylation sites (tertiary alicyclic amines) is 1. The number of nitrogens with zero attached hydrogens (tertiary/aromatic N) is 1. The van der Waals surface area contributed by atoms with E-state index in [1.165, 1.54) is 5.56 Å². The van der Waals surface area contributed by atoms with Crippen LogP contribution >= 0.6 is 0 Å². The molecule has 0 aromatic heterocycles. The van der Waals surface area contributed by atoms with Gasteiger partial charge in [-0.15, -0.1) is 0 Å². The third-order valence-corrected chi connectivity index (χ3v) is 6.01. The molecule has 0 saturated carbocycles. The summed E-state index contributed by atoms with van der Waals surface area (Å²) in [7, 11) is 2.08. The molecule has 2 aliphatic heterocycles. The highest BCUT2D eigenvalue weighted by molar-refractivity contribution is 5.73. The van der Waals surface area contributed by atoms with Crippen LogP contribution in [0.1, 0.15) is 57.1 Å². The normalized spacial score (nSPS) is 26.5. The molecule has 1 aromatic carbocycles. The van der Waals surface area contributed by atoms with Crippen LogP contribution < -0.4 is 4.74 Å². The van der Waals surface area contributed by atoms with Gasteiger partial charge in [0.05, 0.1) is 12.5 Å². The Kier molecular flexibility index (Phi) is 5.10. The van der Waals surface area contributed by atoms with Gasteiger partial charge in [0, 0.05) is 24.9 Å². The topological polar surface area (TPSA) is 49.8 Å². The molecule has 3 unspecified atom stereocenters. The second-order valence-electron chi connectivity index (χ2n) is 8.56. The predicted octanol–water partition coefficient (Wildman–Crippen LogP) is 3.94. The first-order chi connectivity index (χ1) is 11.8. The molecule has 4 nitrogen and oxygen atoms in total. The number of hydrogen-bond acceptors (Lipinski definition) is 3. The Morgan fingerprint density at radius 3 is 2.84 bits per heavy atom. The van der Waals surface area contributed by atoms with Crippen LogP contribution in [0, 0.1) is 11.3 Å². The summed E-state index contributed by atoms with van der Waals surface area (Å²) in [6.45, 7) is 8.28. The maximum atomic E-state index is 12.2. The first-order valence-electron chi connectivity index (χ1n) is 9.51. The zero-order valence-corrected chi connectivity index (χ0v) is 15.9. The Balaban J connectivity index is 1.86. The fourth-order valence-electron chi connectivity index (χ4n) is 4.82. The third kappa shape index (κ3) is 3.69. The van der Waals surface area contributed by atoms with Crippen LogP contribution in [0.15, 0.2) is 18.2 Å². The first kappa shape index (κ1) is 18.2. The molecule has 1 saturated heterocycles. The highest BCUT2D eigenvalue weighted by Gasteiger charge is 2.46. The number of hydrogen-bond donors (Lipinski definition) is 1. The fourth-order valence-corrected chi connectivity index (χ4v) is 4.82. The molecule has 0 aliphatic carbocycles. The summed E-state index contributed by atoms with van der Waals surface area (Å²) in [6, 6.07) is 6.35. The van der Waals surface area contributed by atoms with E-state index in [1.807, 2.05) is 6.07 Å². The van der Waals surface area contributed by atoms with Gasteiger partial charge in [0.25, 0.3) is 0 Å². The smallest absolute Gasteiger partial charge is 0.308 e. The molecule has 2 heterocycles. The van der Waals surface area contributed by atoms with Crippen molar-refractivity contribution in [3.8, 4) is 5.75 Å². The van der Waals surface area contributed by atoms with Crippen LogP contribution in [0.25, 0.3) is 0 Å². The number of carboxylic acids is 1. The van der Waals surface area contributed by atoms with Crippen molar-refractivity contribution in [2.75, 3.05) is 20.2 Å². The molecule has 1 fully saturated rings. The molecule has 2 aliphatic rings. The van der Waals surface area contributed by atoms with Gasteiger partial charge in [-0.2, -0.15) is 0 Å². The minimum atomic E-state index is -0.664. The second-order valence-corrected chi connectivity index (χ2v) is 8.56. The molecule has 1 N–H and O–H groups in total. The van der Waals surface area contributed by atoms with Gasteiger partial charge in [0.2, 0.25) is 0 Å². The summed E-state index contributed by atoms with van der Waals surface area (Å²) in [6.07, 6.45) is 4.12. The van der Waals surface area contributed by atoms with Gasteiger partial charge in [-0.3, -0.25) is 4.79 Å². The summed E-state index contributed by atoms with van der Waals surface area (Å²) in [4.78, 5) is 14.4. The number of benzene rings is 1. The van der Waals surface area contributed by atoms with E-state index in [0.717, 1.165) is 50.1 Å². The van der Waals surface area contributed by atoms with Crippen molar-refractivity contribution in [1.29, 1.82) is 0 Å². The van der Waals surface area contributed by atoms with Crippen molar-refractivity contribution in [3.05, 3.63) is 29.3 Å². The second kappa shape index (κ2) is 6.99. The Morgan fingerprint density at radius 1 is 1.40 bits per heavy atom. The molecule has 4 heteroatoms. The maximum absolute atomic E-state index is 12.2. The van der Waals surface area contributed by atoms with Crippen LogP contribution in [-0.4, -0.2) is 42.2 Å². The minimum absolute atomic E-state index is 0.0517. The summed E-state index contributed by atoms with van der Waals surface area (Å²) < 4.78 is 5.60. The Morgan fingerprint density at radius 2 is 2.16 bits per heavy atom. The zero-order chi connectivity index (χ0) is 18.2. The molecule has 3 atom stereocenters. The highest BCUT2D eigenvalue weighted by atomic mass is 16.5. The average molecular weight is 345 g/mol. The zero-order valence-electron chi connectivity index (χ0n) is 15.9. The van der Waals surface area contributed by atoms with E-state index in [0.29, 0.717) is 0 Å². The molecule has 0 bridgehead atoms. The van der Waals surface area contributed by atoms with E-state index in [-0.39, 0.29) is 23.3 Å². The van der Waals surface area contributed by atoms with E-state index in [4.69, 9.17) is 4.74 Å². The van der Waals surface area contributed by atoms with Crippen LogP contribution in [0.3, 0.4) is 0 Å². The number of fused-ring (bicyclic) bond motifs is 1. The van der Waals surface area contributed by atoms with Crippen molar-refractivity contribution in [3.63, 3.8) is 0 Å². The van der Waals surface area contributed by atoms with E-state index in [1.54, 1.807) is 0 Å². The lowest BCUT2D eigenvalue weighted by molar-refractivity contribution is -0.143. The molecule has 1 aromatic rings. The molecule has 0 amide bonds.